The summed E-state index contributed by atoms with van der Waals surface area (Å²) in [5.74, 6) is -0.847. The Morgan fingerprint density at radius 2 is 1.96 bits per heavy atom. The van der Waals surface area contributed by atoms with Gasteiger partial charge in [0, 0.05) is 12.1 Å². The summed E-state index contributed by atoms with van der Waals surface area (Å²) < 4.78 is 19.3. The lowest BCUT2D eigenvalue weighted by Crippen LogP contribution is -2.50. The van der Waals surface area contributed by atoms with E-state index in [0.29, 0.717) is 5.56 Å². The maximum atomic E-state index is 13.6. The summed E-state index contributed by atoms with van der Waals surface area (Å²) >= 11 is 0. The number of halogens is 1. The van der Waals surface area contributed by atoms with Gasteiger partial charge in [-0.05, 0) is 20.2 Å². The molecule has 2 rings (SSSR count). The van der Waals surface area contributed by atoms with Crippen molar-refractivity contribution in [2.75, 3.05) is 27.2 Å². The van der Waals surface area contributed by atoms with Gasteiger partial charge in [-0.2, -0.15) is 0 Å². The van der Waals surface area contributed by atoms with E-state index >= 15 is 0 Å². The van der Waals surface area contributed by atoms with E-state index in [1.807, 2.05) is 0 Å². The molecule has 1 aromatic rings. The molecule has 0 aromatic heterocycles. The smallest absolute Gasteiger partial charge is 0.234 e. The molecule has 0 saturated carbocycles. The van der Waals surface area contributed by atoms with Gasteiger partial charge in [-0.1, -0.05) is 30.4 Å². The van der Waals surface area contributed by atoms with E-state index in [4.69, 9.17) is 4.74 Å². The van der Waals surface area contributed by atoms with Gasteiger partial charge < -0.3 is 25.4 Å². The van der Waals surface area contributed by atoms with Crippen LogP contribution in [0.4, 0.5) is 4.39 Å². The molecular formula is C19H26FN3O4. The average molecular weight is 379 g/mol. The maximum Gasteiger partial charge on any atom is 0.234 e. The highest BCUT2D eigenvalue weighted by Crippen LogP contribution is 2.16. The lowest BCUT2D eigenvalue weighted by molar-refractivity contribution is -0.128. The van der Waals surface area contributed by atoms with Crippen molar-refractivity contribution in [3.05, 3.63) is 47.8 Å². The number of carbonyl (C=O) groups excluding carboxylic acids is 2. The fraction of sp³-hybridized carbons (Fsp3) is 0.474. The molecule has 0 radical (unpaired) electrons. The van der Waals surface area contributed by atoms with Gasteiger partial charge in [0.1, 0.15) is 11.9 Å². The Morgan fingerprint density at radius 1 is 1.22 bits per heavy atom. The number of ether oxygens (including phenoxy) is 1. The number of hydrogen-bond donors (Lipinski definition) is 3. The summed E-state index contributed by atoms with van der Waals surface area (Å²) in [7, 11) is 3.57. The van der Waals surface area contributed by atoms with E-state index in [-0.39, 0.29) is 43.7 Å². The van der Waals surface area contributed by atoms with Crippen molar-refractivity contribution in [1.82, 2.24) is 15.5 Å². The molecule has 0 bridgehead atoms. The van der Waals surface area contributed by atoms with Gasteiger partial charge in [-0.25, -0.2) is 4.39 Å². The van der Waals surface area contributed by atoms with Crippen LogP contribution in [-0.4, -0.2) is 67.3 Å². The Labute approximate surface area is 158 Å². The highest BCUT2D eigenvalue weighted by Gasteiger charge is 2.29. The molecule has 0 fully saturated rings. The van der Waals surface area contributed by atoms with E-state index in [1.165, 1.54) is 6.07 Å². The van der Waals surface area contributed by atoms with E-state index in [1.54, 1.807) is 49.3 Å². The number of amides is 2. The van der Waals surface area contributed by atoms with Crippen LogP contribution in [0, 0.1) is 5.82 Å². The van der Waals surface area contributed by atoms with Crippen molar-refractivity contribution in [2.24, 2.45) is 0 Å². The molecular weight excluding hydrogens is 353 g/mol. The first-order valence-electron chi connectivity index (χ1n) is 8.78. The number of hydrogen-bond acceptors (Lipinski definition) is 5. The maximum absolute atomic E-state index is 13.6. The molecule has 1 heterocycles. The van der Waals surface area contributed by atoms with Gasteiger partial charge in [0.15, 0.2) is 0 Å². The topological polar surface area (TPSA) is 90.9 Å². The Balaban J connectivity index is 1.85. The van der Waals surface area contributed by atoms with Crippen molar-refractivity contribution >= 4 is 11.8 Å². The second kappa shape index (κ2) is 10.1. The molecule has 0 unspecified atom stereocenters. The van der Waals surface area contributed by atoms with E-state index in [0.717, 1.165) is 0 Å². The Bertz CT molecular complexity index is 681. The Hall–Kier alpha value is -2.29. The molecule has 3 atom stereocenters. The number of aliphatic hydroxyl groups is 1. The van der Waals surface area contributed by atoms with Crippen LogP contribution in [0.25, 0.3) is 0 Å². The van der Waals surface area contributed by atoms with Gasteiger partial charge in [0.05, 0.1) is 31.7 Å². The van der Waals surface area contributed by atoms with E-state index in [2.05, 4.69) is 10.6 Å². The highest BCUT2D eigenvalue weighted by atomic mass is 19.1. The first-order valence-corrected chi connectivity index (χ1v) is 8.78. The first kappa shape index (κ1) is 21.0. The van der Waals surface area contributed by atoms with E-state index in [9.17, 15) is 19.1 Å². The van der Waals surface area contributed by atoms with Crippen LogP contribution >= 0.6 is 0 Å². The van der Waals surface area contributed by atoms with Crippen LogP contribution in [0.2, 0.25) is 0 Å². The number of carbonyl (C=O) groups is 2. The largest absolute Gasteiger partial charge is 0.394 e. The second-order valence-electron chi connectivity index (χ2n) is 6.68. The standard InChI is InChI=1S/C19H26FN3O4/c1-23(2)11-19(26)22-16-8-7-14(27-17(16)12-24)9-18(25)21-10-13-5-3-4-6-15(13)20/h3-8,14,16-17,24H,9-12H2,1-2H3,(H,21,25)(H,22,26)/t14-,16+,17-/m1/s1. The number of nitrogens with one attached hydrogen (secondary N) is 2. The van der Waals surface area contributed by atoms with Crippen LogP contribution in [0.15, 0.2) is 36.4 Å². The predicted octanol–water partition coefficient (Wildman–Crippen LogP) is 0.194. The minimum absolute atomic E-state index is 0.0415. The normalized spacial score (nSPS) is 21.9. The number of benzene rings is 1. The average Bonchev–Trinajstić information content (AvgIpc) is 2.61. The molecule has 2 amide bonds. The van der Waals surface area contributed by atoms with Crippen molar-refractivity contribution in [3.8, 4) is 0 Å². The molecule has 1 aromatic carbocycles. The zero-order chi connectivity index (χ0) is 19.8. The molecule has 148 valence electrons. The summed E-state index contributed by atoms with van der Waals surface area (Å²) in [6, 6.07) is 5.78. The van der Waals surface area contributed by atoms with Gasteiger partial charge in [0.25, 0.3) is 0 Å². The van der Waals surface area contributed by atoms with Gasteiger partial charge in [-0.3, -0.25) is 9.59 Å². The molecule has 7 nitrogen and oxygen atoms in total. The summed E-state index contributed by atoms with van der Waals surface area (Å²) in [4.78, 5) is 25.7. The highest BCUT2D eigenvalue weighted by molar-refractivity contribution is 5.78. The van der Waals surface area contributed by atoms with Crippen molar-refractivity contribution < 1.29 is 23.8 Å². The Morgan fingerprint density at radius 3 is 2.63 bits per heavy atom. The molecule has 3 N–H and O–H groups in total. The fourth-order valence-electron chi connectivity index (χ4n) is 2.75. The Kier molecular flexibility index (Phi) is 7.90. The van der Waals surface area contributed by atoms with Gasteiger partial charge in [0.2, 0.25) is 11.8 Å². The van der Waals surface area contributed by atoms with Crippen LogP contribution in [0.5, 0.6) is 0 Å². The quantitative estimate of drug-likeness (QED) is 0.561. The van der Waals surface area contributed by atoms with Crippen molar-refractivity contribution in [2.45, 2.75) is 31.2 Å². The number of aliphatic hydroxyl groups excluding tert-OH is 1. The SMILES string of the molecule is CN(C)CC(=O)N[C@H]1C=C[C@H](CC(=O)NCc2ccccc2F)O[C@@H]1CO. The van der Waals surface area contributed by atoms with Crippen LogP contribution in [0.1, 0.15) is 12.0 Å². The summed E-state index contributed by atoms with van der Waals surface area (Å²) in [6.07, 6.45) is 2.30. The number of likely N-dealkylation sites (N-methyl/N-ethyl adjacent to an activating group) is 1. The number of rotatable bonds is 8. The minimum atomic E-state index is -0.634. The number of nitrogens with zero attached hydrogens (tertiary/aromatic N) is 1. The van der Waals surface area contributed by atoms with Crippen LogP contribution < -0.4 is 10.6 Å². The first-order chi connectivity index (χ1) is 12.9. The molecule has 27 heavy (non-hydrogen) atoms. The molecule has 1 aliphatic rings. The van der Waals surface area contributed by atoms with Crippen LogP contribution in [-0.2, 0) is 20.9 Å². The van der Waals surface area contributed by atoms with Crippen molar-refractivity contribution in [1.29, 1.82) is 0 Å². The van der Waals surface area contributed by atoms with E-state index < -0.39 is 18.2 Å². The zero-order valence-electron chi connectivity index (χ0n) is 15.5. The lowest BCUT2D eigenvalue weighted by atomic mass is 10.0. The third-order valence-corrected chi connectivity index (χ3v) is 4.07. The zero-order valence-corrected chi connectivity index (χ0v) is 15.5. The van der Waals surface area contributed by atoms with Crippen LogP contribution in [0.3, 0.4) is 0 Å². The lowest BCUT2D eigenvalue weighted by Gasteiger charge is -2.32. The molecule has 0 saturated heterocycles. The third-order valence-electron chi connectivity index (χ3n) is 4.07. The van der Waals surface area contributed by atoms with Crippen molar-refractivity contribution in [3.63, 3.8) is 0 Å². The third kappa shape index (κ3) is 6.74. The summed E-state index contributed by atoms with van der Waals surface area (Å²) in [5.41, 5.74) is 0.405. The molecule has 8 heteroatoms. The molecule has 0 aliphatic carbocycles. The summed E-state index contributed by atoms with van der Waals surface area (Å²) in [6.45, 7) is 0.0313. The predicted molar refractivity (Wildman–Crippen MR) is 98.2 cm³/mol. The molecule has 0 spiro atoms. The molecule has 1 aliphatic heterocycles. The fourth-order valence-corrected chi connectivity index (χ4v) is 2.75. The summed E-state index contributed by atoms with van der Waals surface area (Å²) in [5, 5.41) is 15.0. The van der Waals surface area contributed by atoms with Gasteiger partial charge >= 0.3 is 0 Å². The minimum Gasteiger partial charge on any atom is -0.394 e. The van der Waals surface area contributed by atoms with Gasteiger partial charge in [-0.15, -0.1) is 0 Å². The monoisotopic (exact) mass is 379 g/mol. The second-order valence-corrected chi connectivity index (χ2v) is 6.68.